The summed E-state index contributed by atoms with van der Waals surface area (Å²) in [6.07, 6.45) is 3.81. The Morgan fingerprint density at radius 1 is 1.62 bits per heavy atom. The summed E-state index contributed by atoms with van der Waals surface area (Å²) in [7, 11) is 0. The smallest absolute Gasteiger partial charge is 0.117 e. The van der Waals surface area contributed by atoms with Crippen molar-refractivity contribution in [2.45, 2.75) is 38.8 Å². The van der Waals surface area contributed by atoms with E-state index in [0.29, 0.717) is 0 Å². The number of piperidine rings is 1. The standard InChI is InChI=1S/C13H18N2O/c1-13(2)11(9-14)5-3-7-15(13)10-12-6-4-8-16-12/h4,6,8,11H,3,5,7,10H2,1-2H3. The van der Waals surface area contributed by atoms with Gasteiger partial charge in [-0.2, -0.15) is 5.26 Å². The van der Waals surface area contributed by atoms with E-state index >= 15 is 0 Å². The molecule has 0 aliphatic carbocycles. The van der Waals surface area contributed by atoms with E-state index in [1.807, 2.05) is 12.1 Å². The molecule has 0 saturated carbocycles. The highest BCUT2D eigenvalue weighted by molar-refractivity contribution is 5.05. The van der Waals surface area contributed by atoms with Crippen LogP contribution in [-0.4, -0.2) is 17.0 Å². The van der Waals surface area contributed by atoms with Gasteiger partial charge in [-0.3, -0.25) is 4.90 Å². The lowest BCUT2D eigenvalue weighted by Crippen LogP contribution is -2.52. The van der Waals surface area contributed by atoms with Gasteiger partial charge in [-0.05, 0) is 45.4 Å². The van der Waals surface area contributed by atoms with E-state index < -0.39 is 0 Å². The average Bonchev–Trinajstić information content (AvgIpc) is 2.73. The second-order valence-electron chi connectivity index (χ2n) is 4.98. The monoisotopic (exact) mass is 218 g/mol. The predicted octanol–water partition coefficient (Wildman–Crippen LogP) is 2.79. The van der Waals surface area contributed by atoms with Gasteiger partial charge in [-0.25, -0.2) is 0 Å². The fourth-order valence-corrected chi connectivity index (χ4v) is 2.44. The third-order valence-electron chi connectivity index (χ3n) is 3.67. The van der Waals surface area contributed by atoms with Crippen LogP contribution >= 0.6 is 0 Å². The number of likely N-dealkylation sites (tertiary alicyclic amines) is 1. The van der Waals surface area contributed by atoms with Gasteiger partial charge in [0, 0.05) is 5.54 Å². The van der Waals surface area contributed by atoms with Crippen molar-refractivity contribution in [2.75, 3.05) is 6.54 Å². The fourth-order valence-electron chi connectivity index (χ4n) is 2.44. The normalized spacial score (nSPS) is 25.2. The van der Waals surface area contributed by atoms with Crippen LogP contribution in [0.4, 0.5) is 0 Å². The van der Waals surface area contributed by atoms with E-state index in [4.69, 9.17) is 4.42 Å². The topological polar surface area (TPSA) is 40.2 Å². The van der Waals surface area contributed by atoms with Gasteiger partial charge < -0.3 is 4.42 Å². The minimum absolute atomic E-state index is 0.0558. The van der Waals surface area contributed by atoms with Gasteiger partial charge in [-0.1, -0.05) is 0 Å². The second kappa shape index (κ2) is 4.31. The van der Waals surface area contributed by atoms with Crippen LogP contribution in [0.15, 0.2) is 22.8 Å². The molecule has 2 heterocycles. The molecule has 1 fully saturated rings. The molecule has 1 aliphatic rings. The summed E-state index contributed by atoms with van der Waals surface area (Å²) in [5.41, 5.74) is -0.0558. The van der Waals surface area contributed by atoms with E-state index in [-0.39, 0.29) is 11.5 Å². The minimum Gasteiger partial charge on any atom is -0.468 e. The SMILES string of the molecule is CC1(C)C(C#N)CCCN1Cc1ccco1. The molecular formula is C13H18N2O. The van der Waals surface area contributed by atoms with Gasteiger partial charge in [0.05, 0.1) is 24.8 Å². The van der Waals surface area contributed by atoms with E-state index in [1.165, 1.54) is 0 Å². The van der Waals surface area contributed by atoms with Crippen molar-refractivity contribution in [1.82, 2.24) is 4.90 Å². The van der Waals surface area contributed by atoms with Crippen LogP contribution in [0, 0.1) is 17.2 Å². The van der Waals surface area contributed by atoms with E-state index in [0.717, 1.165) is 31.7 Å². The summed E-state index contributed by atoms with van der Waals surface area (Å²) < 4.78 is 5.37. The summed E-state index contributed by atoms with van der Waals surface area (Å²) in [4.78, 5) is 2.35. The van der Waals surface area contributed by atoms with Gasteiger partial charge in [0.25, 0.3) is 0 Å². The maximum Gasteiger partial charge on any atom is 0.117 e. The molecule has 1 aromatic heterocycles. The Morgan fingerprint density at radius 2 is 2.44 bits per heavy atom. The van der Waals surface area contributed by atoms with E-state index in [9.17, 15) is 5.26 Å². The van der Waals surface area contributed by atoms with Crippen molar-refractivity contribution >= 4 is 0 Å². The molecule has 0 N–H and O–H groups in total. The Bertz CT molecular complexity index is 375. The van der Waals surface area contributed by atoms with Gasteiger partial charge in [-0.15, -0.1) is 0 Å². The summed E-state index contributed by atoms with van der Waals surface area (Å²) in [6.45, 7) is 6.16. The first-order valence-electron chi connectivity index (χ1n) is 5.81. The van der Waals surface area contributed by atoms with E-state index in [1.54, 1.807) is 6.26 Å². The molecular weight excluding hydrogens is 200 g/mol. The maximum absolute atomic E-state index is 9.17. The molecule has 1 aliphatic heterocycles. The first-order valence-corrected chi connectivity index (χ1v) is 5.81. The third-order valence-corrected chi connectivity index (χ3v) is 3.67. The van der Waals surface area contributed by atoms with Crippen molar-refractivity contribution in [3.8, 4) is 6.07 Å². The van der Waals surface area contributed by atoms with Crippen LogP contribution in [0.3, 0.4) is 0 Å². The number of nitrogens with zero attached hydrogens (tertiary/aromatic N) is 2. The molecule has 16 heavy (non-hydrogen) atoms. The Hall–Kier alpha value is -1.27. The Morgan fingerprint density at radius 3 is 3.06 bits per heavy atom. The van der Waals surface area contributed by atoms with Crippen molar-refractivity contribution in [3.05, 3.63) is 24.2 Å². The predicted molar refractivity (Wildman–Crippen MR) is 61.5 cm³/mol. The van der Waals surface area contributed by atoms with Gasteiger partial charge >= 0.3 is 0 Å². The first kappa shape index (κ1) is 11.2. The van der Waals surface area contributed by atoms with Gasteiger partial charge in [0.1, 0.15) is 5.76 Å². The Kier molecular flexibility index (Phi) is 3.02. The molecule has 1 unspecified atom stereocenters. The van der Waals surface area contributed by atoms with Crippen LogP contribution in [0.1, 0.15) is 32.4 Å². The minimum atomic E-state index is -0.0558. The van der Waals surface area contributed by atoms with Crippen LogP contribution in [-0.2, 0) is 6.54 Å². The highest BCUT2D eigenvalue weighted by Crippen LogP contribution is 2.33. The quantitative estimate of drug-likeness (QED) is 0.766. The molecule has 2 rings (SSSR count). The zero-order chi connectivity index (χ0) is 11.6. The molecule has 0 aromatic carbocycles. The largest absolute Gasteiger partial charge is 0.468 e. The number of furan rings is 1. The summed E-state index contributed by atoms with van der Waals surface area (Å²) in [5, 5.41) is 9.17. The summed E-state index contributed by atoms with van der Waals surface area (Å²) in [5.74, 6) is 1.10. The average molecular weight is 218 g/mol. The molecule has 3 nitrogen and oxygen atoms in total. The lowest BCUT2D eigenvalue weighted by molar-refractivity contribution is 0.0325. The zero-order valence-electron chi connectivity index (χ0n) is 9.94. The van der Waals surface area contributed by atoms with Gasteiger partial charge in [0.15, 0.2) is 0 Å². The first-order chi connectivity index (χ1) is 7.64. The van der Waals surface area contributed by atoms with Crippen LogP contribution in [0.2, 0.25) is 0 Å². The third kappa shape index (κ3) is 1.98. The Balaban J connectivity index is 2.12. The van der Waals surface area contributed by atoms with Crippen molar-refractivity contribution in [2.24, 2.45) is 5.92 Å². The zero-order valence-corrected chi connectivity index (χ0v) is 9.94. The number of rotatable bonds is 2. The molecule has 0 spiro atoms. The molecule has 86 valence electrons. The number of nitriles is 1. The molecule has 1 saturated heterocycles. The summed E-state index contributed by atoms with van der Waals surface area (Å²) in [6, 6.07) is 6.33. The maximum atomic E-state index is 9.17. The number of hydrogen-bond donors (Lipinski definition) is 0. The van der Waals surface area contributed by atoms with Crippen LogP contribution in [0.5, 0.6) is 0 Å². The van der Waals surface area contributed by atoms with E-state index in [2.05, 4.69) is 24.8 Å². The van der Waals surface area contributed by atoms with Crippen molar-refractivity contribution in [3.63, 3.8) is 0 Å². The lowest BCUT2D eigenvalue weighted by Gasteiger charge is -2.45. The molecule has 0 bridgehead atoms. The highest BCUT2D eigenvalue weighted by atomic mass is 16.3. The molecule has 1 aromatic rings. The summed E-state index contributed by atoms with van der Waals surface area (Å²) >= 11 is 0. The van der Waals surface area contributed by atoms with Crippen molar-refractivity contribution in [1.29, 1.82) is 5.26 Å². The molecule has 1 atom stereocenters. The lowest BCUT2D eigenvalue weighted by atomic mass is 9.80. The number of hydrogen-bond acceptors (Lipinski definition) is 3. The Labute approximate surface area is 96.7 Å². The molecule has 0 radical (unpaired) electrons. The molecule has 0 amide bonds. The highest BCUT2D eigenvalue weighted by Gasteiger charge is 2.38. The molecule has 3 heteroatoms. The van der Waals surface area contributed by atoms with Crippen LogP contribution < -0.4 is 0 Å². The fraction of sp³-hybridized carbons (Fsp3) is 0.615. The van der Waals surface area contributed by atoms with Crippen molar-refractivity contribution < 1.29 is 4.42 Å². The van der Waals surface area contributed by atoms with Gasteiger partial charge in [0.2, 0.25) is 0 Å². The second-order valence-corrected chi connectivity index (χ2v) is 4.98. The van der Waals surface area contributed by atoms with Crippen LogP contribution in [0.25, 0.3) is 0 Å².